The van der Waals surface area contributed by atoms with Crippen molar-refractivity contribution in [2.45, 2.75) is 5.92 Å². The summed E-state index contributed by atoms with van der Waals surface area (Å²) in [6, 6.07) is 4.45. The van der Waals surface area contributed by atoms with E-state index in [2.05, 4.69) is 5.32 Å². The second-order valence-electron chi connectivity index (χ2n) is 3.27. The first-order chi connectivity index (χ1) is 7.11. The highest BCUT2D eigenvalue weighted by molar-refractivity contribution is 6.81. The Morgan fingerprint density at radius 1 is 1.47 bits per heavy atom. The molecule has 1 N–H and O–H groups in total. The normalized spacial score (nSPS) is 18.1. The highest BCUT2D eigenvalue weighted by Crippen LogP contribution is 2.34. The van der Waals surface area contributed by atoms with Gasteiger partial charge in [-0.3, -0.25) is 9.59 Å². The number of benzene rings is 1. The number of hydrogen-bond acceptors (Lipinski definition) is 3. The summed E-state index contributed by atoms with van der Waals surface area (Å²) in [5.74, 6) is -2.06. The Morgan fingerprint density at radius 3 is 2.87 bits per heavy atom. The SMILES string of the molecule is O=C(Cl)C(=O)C1CNc2cccc(F)c21. The lowest BCUT2D eigenvalue weighted by atomic mass is 9.97. The molecule has 0 saturated carbocycles. The van der Waals surface area contributed by atoms with Crippen molar-refractivity contribution in [3.05, 3.63) is 29.6 Å². The lowest BCUT2D eigenvalue weighted by Gasteiger charge is -2.06. The van der Waals surface area contributed by atoms with Crippen molar-refractivity contribution >= 4 is 28.3 Å². The van der Waals surface area contributed by atoms with Crippen molar-refractivity contribution in [2.24, 2.45) is 0 Å². The van der Waals surface area contributed by atoms with Gasteiger partial charge in [-0.15, -0.1) is 0 Å². The fraction of sp³-hybridized carbons (Fsp3) is 0.200. The Labute approximate surface area is 90.2 Å². The summed E-state index contributed by atoms with van der Waals surface area (Å²) < 4.78 is 13.4. The second kappa shape index (κ2) is 3.62. The molecule has 2 rings (SSSR count). The molecule has 15 heavy (non-hydrogen) atoms. The van der Waals surface area contributed by atoms with Crippen LogP contribution in [0.3, 0.4) is 0 Å². The number of nitrogens with one attached hydrogen (secondary N) is 1. The van der Waals surface area contributed by atoms with Crippen molar-refractivity contribution in [1.29, 1.82) is 0 Å². The van der Waals surface area contributed by atoms with Gasteiger partial charge < -0.3 is 5.32 Å². The van der Waals surface area contributed by atoms with Crippen molar-refractivity contribution in [3.63, 3.8) is 0 Å². The zero-order chi connectivity index (χ0) is 11.0. The summed E-state index contributed by atoms with van der Waals surface area (Å²) in [6.07, 6.45) is 0. The third-order valence-electron chi connectivity index (χ3n) is 2.41. The maximum absolute atomic E-state index is 13.4. The molecule has 1 unspecified atom stereocenters. The molecule has 0 aliphatic carbocycles. The quantitative estimate of drug-likeness (QED) is 0.618. The molecule has 1 atom stereocenters. The maximum Gasteiger partial charge on any atom is 0.288 e. The van der Waals surface area contributed by atoms with Gasteiger partial charge in [0.2, 0.25) is 5.78 Å². The largest absolute Gasteiger partial charge is 0.384 e. The predicted molar refractivity (Wildman–Crippen MR) is 53.5 cm³/mol. The Morgan fingerprint density at radius 2 is 2.20 bits per heavy atom. The second-order valence-corrected chi connectivity index (χ2v) is 3.62. The Bertz CT molecular complexity index is 447. The molecule has 0 amide bonds. The highest BCUT2D eigenvalue weighted by atomic mass is 35.5. The van der Waals surface area contributed by atoms with Crippen LogP contribution in [0.5, 0.6) is 0 Å². The predicted octanol–water partition coefficient (Wildman–Crippen LogP) is 1.67. The van der Waals surface area contributed by atoms with E-state index in [0.29, 0.717) is 5.69 Å². The van der Waals surface area contributed by atoms with Crippen LogP contribution in [-0.2, 0) is 9.59 Å². The summed E-state index contributed by atoms with van der Waals surface area (Å²) in [5, 5.41) is 1.80. The number of ketones is 1. The molecule has 1 heterocycles. The fourth-order valence-electron chi connectivity index (χ4n) is 1.72. The molecule has 5 heteroatoms. The first kappa shape index (κ1) is 10.1. The minimum Gasteiger partial charge on any atom is -0.384 e. The summed E-state index contributed by atoms with van der Waals surface area (Å²) in [7, 11) is 0. The number of hydrogen-bond donors (Lipinski definition) is 1. The van der Waals surface area contributed by atoms with Crippen LogP contribution in [0.15, 0.2) is 18.2 Å². The summed E-state index contributed by atoms with van der Waals surface area (Å²) in [5.41, 5.74) is 0.780. The average molecular weight is 228 g/mol. The minimum absolute atomic E-state index is 0.216. The molecule has 0 saturated heterocycles. The number of carbonyl (C=O) groups excluding carboxylic acids is 2. The van der Waals surface area contributed by atoms with Crippen LogP contribution < -0.4 is 5.32 Å². The minimum atomic E-state index is -1.06. The highest BCUT2D eigenvalue weighted by Gasteiger charge is 2.33. The van der Waals surface area contributed by atoms with E-state index >= 15 is 0 Å². The van der Waals surface area contributed by atoms with E-state index in [1.807, 2.05) is 0 Å². The van der Waals surface area contributed by atoms with Crippen molar-refractivity contribution in [3.8, 4) is 0 Å². The van der Waals surface area contributed by atoms with E-state index < -0.39 is 22.8 Å². The summed E-state index contributed by atoms with van der Waals surface area (Å²) in [4.78, 5) is 22.1. The number of fused-ring (bicyclic) bond motifs is 1. The molecule has 0 radical (unpaired) electrons. The molecule has 1 aliphatic heterocycles. The van der Waals surface area contributed by atoms with Gasteiger partial charge in [0.1, 0.15) is 5.82 Å². The number of rotatable bonds is 2. The van der Waals surface area contributed by atoms with E-state index in [9.17, 15) is 14.0 Å². The molecular formula is C10H7ClFNO2. The van der Waals surface area contributed by atoms with E-state index in [0.717, 1.165) is 0 Å². The van der Waals surface area contributed by atoms with Gasteiger partial charge in [-0.25, -0.2) is 4.39 Å². The molecule has 0 spiro atoms. The lowest BCUT2D eigenvalue weighted by molar-refractivity contribution is -0.132. The average Bonchev–Trinajstić information content (AvgIpc) is 2.61. The van der Waals surface area contributed by atoms with Gasteiger partial charge >= 0.3 is 0 Å². The third kappa shape index (κ3) is 1.61. The van der Waals surface area contributed by atoms with Crippen LogP contribution in [-0.4, -0.2) is 17.6 Å². The first-order valence-corrected chi connectivity index (χ1v) is 4.75. The standard InChI is InChI=1S/C10H7ClFNO2/c11-10(15)9(14)5-4-13-7-3-1-2-6(12)8(5)7/h1-3,5,13H,4H2. The smallest absolute Gasteiger partial charge is 0.288 e. The first-order valence-electron chi connectivity index (χ1n) is 4.37. The Hall–Kier alpha value is -1.42. The van der Waals surface area contributed by atoms with Crippen molar-refractivity contribution in [1.82, 2.24) is 0 Å². The zero-order valence-electron chi connectivity index (χ0n) is 7.59. The summed E-state index contributed by atoms with van der Waals surface area (Å²) >= 11 is 5.09. The van der Waals surface area contributed by atoms with E-state index in [1.165, 1.54) is 12.1 Å². The number of anilines is 1. The van der Waals surface area contributed by atoms with Gasteiger partial charge in [-0.2, -0.15) is 0 Å². The molecular weight excluding hydrogens is 221 g/mol. The number of halogens is 2. The van der Waals surface area contributed by atoms with E-state index in [4.69, 9.17) is 11.6 Å². The van der Waals surface area contributed by atoms with Crippen LogP contribution in [0.1, 0.15) is 11.5 Å². The topological polar surface area (TPSA) is 46.2 Å². The Balaban J connectivity index is 2.44. The Kier molecular flexibility index (Phi) is 2.44. The third-order valence-corrected chi connectivity index (χ3v) is 2.59. The fourth-order valence-corrected chi connectivity index (χ4v) is 1.85. The van der Waals surface area contributed by atoms with Crippen LogP contribution >= 0.6 is 11.6 Å². The van der Waals surface area contributed by atoms with Crippen molar-refractivity contribution in [2.75, 3.05) is 11.9 Å². The van der Waals surface area contributed by atoms with Crippen LogP contribution in [0.4, 0.5) is 10.1 Å². The lowest BCUT2D eigenvalue weighted by Crippen LogP contribution is -2.20. The van der Waals surface area contributed by atoms with E-state index in [1.54, 1.807) is 6.07 Å². The molecule has 0 aromatic heterocycles. The van der Waals surface area contributed by atoms with Crippen molar-refractivity contribution < 1.29 is 14.0 Å². The molecule has 1 aromatic rings. The molecule has 0 bridgehead atoms. The maximum atomic E-state index is 13.4. The monoisotopic (exact) mass is 227 g/mol. The molecule has 3 nitrogen and oxygen atoms in total. The van der Waals surface area contributed by atoms with Gasteiger partial charge in [0.15, 0.2) is 0 Å². The summed E-state index contributed by atoms with van der Waals surface area (Å²) in [6.45, 7) is 0.216. The molecule has 1 aliphatic rings. The van der Waals surface area contributed by atoms with Gasteiger partial charge in [0.05, 0.1) is 5.92 Å². The van der Waals surface area contributed by atoms with Gasteiger partial charge in [-0.1, -0.05) is 6.07 Å². The number of carbonyl (C=O) groups is 2. The van der Waals surface area contributed by atoms with Crippen LogP contribution in [0.25, 0.3) is 0 Å². The number of Topliss-reactive ketones (excluding diaryl/α,β-unsaturated/α-hetero) is 1. The molecule has 1 aromatic carbocycles. The molecule has 78 valence electrons. The van der Waals surface area contributed by atoms with Gasteiger partial charge in [-0.05, 0) is 23.7 Å². The zero-order valence-corrected chi connectivity index (χ0v) is 8.34. The van der Waals surface area contributed by atoms with Crippen LogP contribution in [0.2, 0.25) is 0 Å². The van der Waals surface area contributed by atoms with E-state index in [-0.39, 0.29) is 12.1 Å². The van der Waals surface area contributed by atoms with Gasteiger partial charge in [0, 0.05) is 17.8 Å². The van der Waals surface area contributed by atoms with Gasteiger partial charge in [0.25, 0.3) is 5.24 Å². The van der Waals surface area contributed by atoms with Crippen LogP contribution in [0, 0.1) is 5.82 Å². The molecule has 0 fully saturated rings.